The molecule has 1 aliphatic rings. The van der Waals surface area contributed by atoms with Gasteiger partial charge in [-0.05, 0) is 47.6 Å². The average molecular weight is 361 g/mol. The first-order chi connectivity index (χ1) is 13.2. The van der Waals surface area contributed by atoms with Crippen LogP contribution in [-0.4, -0.2) is 25.7 Å². The molecule has 1 aliphatic heterocycles. The van der Waals surface area contributed by atoms with Gasteiger partial charge in [-0.3, -0.25) is 4.79 Å². The zero-order valence-electron chi connectivity index (χ0n) is 15.2. The van der Waals surface area contributed by atoms with Crippen molar-refractivity contribution < 1.29 is 14.3 Å². The highest BCUT2D eigenvalue weighted by atomic mass is 16.5. The maximum Gasteiger partial charge on any atom is 0.248 e. The van der Waals surface area contributed by atoms with Gasteiger partial charge >= 0.3 is 0 Å². The van der Waals surface area contributed by atoms with Gasteiger partial charge < -0.3 is 15.2 Å². The minimum atomic E-state index is -0.421. The summed E-state index contributed by atoms with van der Waals surface area (Å²) in [6.07, 6.45) is 2.25. The average Bonchev–Trinajstić information content (AvgIpc) is 2.73. The predicted molar refractivity (Wildman–Crippen MR) is 107 cm³/mol. The van der Waals surface area contributed by atoms with E-state index in [4.69, 9.17) is 15.2 Å². The Morgan fingerprint density at radius 1 is 1.07 bits per heavy atom. The number of fused-ring (bicyclic) bond motifs is 1. The van der Waals surface area contributed by atoms with E-state index in [1.54, 1.807) is 6.07 Å². The smallest absolute Gasteiger partial charge is 0.248 e. The minimum absolute atomic E-state index is 0.421. The summed E-state index contributed by atoms with van der Waals surface area (Å²) in [6.45, 7) is 2.30. The number of ether oxygens (including phenoxy) is 2. The second kappa shape index (κ2) is 7.80. The number of hydrogen-bond acceptors (Lipinski definition) is 3. The van der Waals surface area contributed by atoms with E-state index in [-0.39, 0.29) is 0 Å². The third kappa shape index (κ3) is 3.81. The molecule has 0 bridgehead atoms. The third-order valence-electron chi connectivity index (χ3n) is 5.07. The highest BCUT2D eigenvalue weighted by Gasteiger charge is 2.16. The first-order valence-corrected chi connectivity index (χ1v) is 9.35. The Morgan fingerprint density at radius 3 is 2.70 bits per heavy atom. The fourth-order valence-electron chi connectivity index (χ4n) is 3.64. The number of benzene rings is 3. The largest absolute Gasteiger partial charge is 0.493 e. The Labute approximate surface area is 158 Å². The SMILES string of the molecule is NC(=O)c1cccc(-c2ccc(OCC3CCCOC3)c3ccccc23)c1. The zero-order chi connectivity index (χ0) is 18.6. The minimum Gasteiger partial charge on any atom is -0.493 e. The summed E-state index contributed by atoms with van der Waals surface area (Å²) in [5.41, 5.74) is 7.97. The quantitative estimate of drug-likeness (QED) is 0.732. The molecule has 138 valence electrons. The predicted octanol–water partition coefficient (Wildman–Crippen LogP) is 4.41. The van der Waals surface area contributed by atoms with Gasteiger partial charge in [0.15, 0.2) is 0 Å². The van der Waals surface area contributed by atoms with E-state index in [0.717, 1.165) is 53.7 Å². The van der Waals surface area contributed by atoms with Crippen molar-refractivity contribution in [1.29, 1.82) is 0 Å². The third-order valence-corrected chi connectivity index (χ3v) is 5.07. The fourth-order valence-corrected chi connectivity index (χ4v) is 3.64. The number of carbonyl (C=O) groups is 1. The Hall–Kier alpha value is -2.85. The lowest BCUT2D eigenvalue weighted by Gasteiger charge is -2.22. The number of primary amides is 1. The van der Waals surface area contributed by atoms with Crippen LogP contribution in [-0.2, 0) is 4.74 Å². The Morgan fingerprint density at radius 2 is 1.93 bits per heavy atom. The first-order valence-electron chi connectivity index (χ1n) is 9.35. The highest BCUT2D eigenvalue weighted by molar-refractivity contribution is 6.01. The molecule has 3 aromatic rings. The van der Waals surface area contributed by atoms with E-state index in [1.165, 1.54) is 0 Å². The van der Waals surface area contributed by atoms with Gasteiger partial charge in [0.25, 0.3) is 0 Å². The monoisotopic (exact) mass is 361 g/mol. The van der Waals surface area contributed by atoms with Crippen LogP contribution < -0.4 is 10.5 Å². The highest BCUT2D eigenvalue weighted by Crippen LogP contribution is 2.35. The second-order valence-electron chi connectivity index (χ2n) is 7.00. The zero-order valence-corrected chi connectivity index (χ0v) is 15.2. The molecule has 1 atom stereocenters. The van der Waals surface area contributed by atoms with Gasteiger partial charge in [0.05, 0.1) is 13.2 Å². The lowest BCUT2D eigenvalue weighted by atomic mass is 9.96. The van der Waals surface area contributed by atoms with E-state index in [9.17, 15) is 4.79 Å². The topological polar surface area (TPSA) is 61.6 Å². The number of amides is 1. The van der Waals surface area contributed by atoms with Crippen LogP contribution in [0.15, 0.2) is 60.7 Å². The molecule has 0 saturated carbocycles. The van der Waals surface area contributed by atoms with E-state index >= 15 is 0 Å². The molecule has 0 aliphatic carbocycles. The molecular weight excluding hydrogens is 338 g/mol. The van der Waals surface area contributed by atoms with Crippen molar-refractivity contribution in [3.8, 4) is 16.9 Å². The molecule has 1 amide bonds. The Balaban J connectivity index is 1.68. The number of nitrogens with two attached hydrogens (primary N) is 1. The normalized spacial score (nSPS) is 17.0. The van der Waals surface area contributed by atoms with Gasteiger partial charge in [-0.2, -0.15) is 0 Å². The maximum atomic E-state index is 11.5. The number of hydrogen-bond donors (Lipinski definition) is 1. The van der Waals surface area contributed by atoms with Gasteiger partial charge in [0.1, 0.15) is 5.75 Å². The summed E-state index contributed by atoms with van der Waals surface area (Å²) < 4.78 is 11.7. The van der Waals surface area contributed by atoms with Crippen LogP contribution in [0, 0.1) is 5.92 Å². The van der Waals surface area contributed by atoms with Crippen molar-refractivity contribution in [1.82, 2.24) is 0 Å². The molecular formula is C23H23NO3. The summed E-state index contributed by atoms with van der Waals surface area (Å²) in [6, 6.07) is 19.7. The van der Waals surface area contributed by atoms with Crippen LogP contribution in [0.25, 0.3) is 21.9 Å². The lowest BCUT2D eigenvalue weighted by molar-refractivity contribution is 0.0354. The summed E-state index contributed by atoms with van der Waals surface area (Å²) >= 11 is 0. The van der Waals surface area contributed by atoms with Gasteiger partial charge in [0.2, 0.25) is 5.91 Å². The number of carbonyl (C=O) groups excluding carboxylic acids is 1. The molecule has 0 spiro atoms. The molecule has 4 heteroatoms. The van der Waals surface area contributed by atoms with Gasteiger partial charge in [-0.25, -0.2) is 0 Å². The van der Waals surface area contributed by atoms with Gasteiger partial charge in [-0.15, -0.1) is 0 Å². The summed E-state index contributed by atoms with van der Waals surface area (Å²) in [5, 5.41) is 2.16. The Bertz CT molecular complexity index is 961. The van der Waals surface area contributed by atoms with E-state index in [1.807, 2.05) is 36.4 Å². The molecule has 2 N–H and O–H groups in total. The van der Waals surface area contributed by atoms with Crippen molar-refractivity contribution >= 4 is 16.7 Å². The molecule has 1 saturated heterocycles. The van der Waals surface area contributed by atoms with Crippen molar-refractivity contribution in [3.05, 3.63) is 66.2 Å². The van der Waals surface area contributed by atoms with Crippen LogP contribution >= 0.6 is 0 Å². The Kier molecular flexibility index (Phi) is 5.07. The molecule has 4 rings (SSSR count). The molecule has 1 fully saturated rings. The molecule has 27 heavy (non-hydrogen) atoms. The molecule has 1 unspecified atom stereocenters. The first kappa shape index (κ1) is 17.6. The van der Waals surface area contributed by atoms with Crippen LogP contribution in [0.2, 0.25) is 0 Å². The number of rotatable bonds is 5. The van der Waals surface area contributed by atoms with Gasteiger partial charge in [-0.1, -0.05) is 42.5 Å². The molecule has 3 aromatic carbocycles. The maximum absolute atomic E-state index is 11.5. The standard InChI is InChI=1S/C23H23NO3/c24-23(25)18-7-3-6-17(13-18)19-10-11-22(21-9-2-1-8-20(19)21)27-15-16-5-4-12-26-14-16/h1-3,6-11,13,16H,4-5,12,14-15H2,(H2,24,25). The second-order valence-corrected chi connectivity index (χ2v) is 7.00. The van der Waals surface area contributed by atoms with Crippen LogP contribution in [0.1, 0.15) is 23.2 Å². The fraction of sp³-hybridized carbons (Fsp3) is 0.261. The molecule has 0 radical (unpaired) electrons. The summed E-state index contributed by atoms with van der Waals surface area (Å²) in [7, 11) is 0. The molecule has 0 aromatic heterocycles. The van der Waals surface area contributed by atoms with Crippen LogP contribution in [0.4, 0.5) is 0 Å². The van der Waals surface area contributed by atoms with E-state index in [0.29, 0.717) is 18.1 Å². The molecule has 4 nitrogen and oxygen atoms in total. The van der Waals surface area contributed by atoms with Crippen molar-refractivity contribution in [2.24, 2.45) is 11.7 Å². The molecule has 1 heterocycles. The summed E-state index contributed by atoms with van der Waals surface area (Å²) in [5.74, 6) is 0.909. The summed E-state index contributed by atoms with van der Waals surface area (Å²) in [4.78, 5) is 11.5. The van der Waals surface area contributed by atoms with Gasteiger partial charge in [0, 0.05) is 23.5 Å². The van der Waals surface area contributed by atoms with Crippen molar-refractivity contribution in [2.75, 3.05) is 19.8 Å². The van der Waals surface area contributed by atoms with Crippen molar-refractivity contribution in [3.63, 3.8) is 0 Å². The van der Waals surface area contributed by atoms with Crippen LogP contribution in [0.5, 0.6) is 5.75 Å². The van der Waals surface area contributed by atoms with E-state index < -0.39 is 5.91 Å². The van der Waals surface area contributed by atoms with Crippen molar-refractivity contribution in [2.45, 2.75) is 12.8 Å². The van der Waals surface area contributed by atoms with E-state index in [2.05, 4.69) is 18.2 Å². The lowest BCUT2D eigenvalue weighted by Crippen LogP contribution is -2.23. The van der Waals surface area contributed by atoms with Crippen LogP contribution in [0.3, 0.4) is 0 Å².